The van der Waals surface area contributed by atoms with Crippen molar-refractivity contribution in [1.82, 2.24) is 25.4 Å². The molecular weight excluding hydrogens is 447 g/mol. The van der Waals surface area contributed by atoms with Gasteiger partial charge in [-0.05, 0) is 31.7 Å². The number of thiophene rings is 1. The van der Waals surface area contributed by atoms with E-state index in [-0.39, 0.29) is 30.0 Å². The Labute approximate surface area is 171 Å². The fourth-order valence-electron chi connectivity index (χ4n) is 2.44. The molecule has 0 saturated heterocycles. The van der Waals surface area contributed by atoms with E-state index in [0.717, 1.165) is 31.2 Å². The number of nitrogens with one attached hydrogen (secondary N) is 2. The van der Waals surface area contributed by atoms with Crippen LogP contribution in [0, 0.1) is 0 Å². The number of aryl methyl sites for hydroxylation is 1. The van der Waals surface area contributed by atoms with Crippen molar-refractivity contribution >= 4 is 41.3 Å². The highest BCUT2D eigenvalue weighted by Crippen LogP contribution is 2.21. The van der Waals surface area contributed by atoms with E-state index in [2.05, 4.69) is 70.6 Å². The van der Waals surface area contributed by atoms with Crippen molar-refractivity contribution in [1.29, 1.82) is 0 Å². The van der Waals surface area contributed by atoms with Gasteiger partial charge in [0, 0.05) is 23.9 Å². The molecule has 2 N–H and O–H groups in total. The maximum atomic E-state index is 4.73. The first kappa shape index (κ1) is 21.9. The van der Waals surface area contributed by atoms with Gasteiger partial charge in [0.25, 0.3) is 0 Å². The summed E-state index contributed by atoms with van der Waals surface area (Å²) in [6, 6.07) is 4.88. The van der Waals surface area contributed by atoms with Crippen LogP contribution in [0.25, 0.3) is 0 Å². The quantitative estimate of drug-likeness (QED) is 0.347. The molecule has 0 bridgehead atoms. The number of hydrogen-bond donors (Lipinski definition) is 2. The maximum absolute atomic E-state index is 4.73. The SMILES string of the molecule is CCc1nncn1CCN=C(NC(C)C)NC(CC)c1cccs1.I. The predicted octanol–water partition coefficient (Wildman–Crippen LogP) is 3.61. The molecule has 1 atom stereocenters. The van der Waals surface area contributed by atoms with E-state index in [0.29, 0.717) is 12.6 Å². The number of rotatable bonds is 8. The van der Waals surface area contributed by atoms with Crippen molar-refractivity contribution in [2.75, 3.05) is 6.54 Å². The smallest absolute Gasteiger partial charge is 0.192 e. The van der Waals surface area contributed by atoms with Crippen molar-refractivity contribution in [3.8, 4) is 0 Å². The average molecular weight is 476 g/mol. The Bertz CT molecular complexity index is 623. The van der Waals surface area contributed by atoms with Crippen LogP contribution >= 0.6 is 35.3 Å². The predicted molar refractivity (Wildman–Crippen MR) is 116 cm³/mol. The van der Waals surface area contributed by atoms with Crippen LogP contribution in [-0.4, -0.2) is 33.3 Å². The highest BCUT2D eigenvalue weighted by Gasteiger charge is 2.13. The molecule has 25 heavy (non-hydrogen) atoms. The highest BCUT2D eigenvalue weighted by atomic mass is 127. The normalized spacial score (nSPS) is 12.8. The number of aliphatic imine (C=N–C) groups is 1. The molecule has 0 fully saturated rings. The lowest BCUT2D eigenvalue weighted by Gasteiger charge is -2.21. The van der Waals surface area contributed by atoms with Crippen LogP contribution in [-0.2, 0) is 13.0 Å². The number of guanidine groups is 1. The molecule has 0 radical (unpaired) electrons. The molecule has 0 aliphatic rings. The van der Waals surface area contributed by atoms with Crippen molar-refractivity contribution in [2.45, 2.75) is 59.2 Å². The molecule has 2 aromatic rings. The van der Waals surface area contributed by atoms with Gasteiger partial charge >= 0.3 is 0 Å². The second-order valence-corrected chi connectivity index (χ2v) is 6.92. The number of nitrogens with zero attached hydrogens (tertiary/aromatic N) is 4. The zero-order chi connectivity index (χ0) is 17.4. The molecular formula is C17H29IN6S. The first-order valence-electron chi connectivity index (χ1n) is 8.61. The minimum atomic E-state index is 0. The van der Waals surface area contributed by atoms with Gasteiger partial charge in [0.2, 0.25) is 0 Å². The van der Waals surface area contributed by atoms with Gasteiger partial charge in [0.15, 0.2) is 5.96 Å². The minimum Gasteiger partial charge on any atom is -0.354 e. The summed E-state index contributed by atoms with van der Waals surface area (Å²) < 4.78 is 2.06. The van der Waals surface area contributed by atoms with Crippen LogP contribution in [0.2, 0.25) is 0 Å². The molecule has 6 nitrogen and oxygen atoms in total. The highest BCUT2D eigenvalue weighted by molar-refractivity contribution is 14.0. The third-order valence-electron chi connectivity index (χ3n) is 3.65. The summed E-state index contributed by atoms with van der Waals surface area (Å²) in [6.45, 7) is 10.0. The van der Waals surface area contributed by atoms with Gasteiger partial charge in [0.05, 0.1) is 12.6 Å². The van der Waals surface area contributed by atoms with Crippen LogP contribution in [0.5, 0.6) is 0 Å². The van der Waals surface area contributed by atoms with Gasteiger partial charge in [-0.25, -0.2) is 0 Å². The third-order valence-corrected chi connectivity index (χ3v) is 4.64. The third kappa shape index (κ3) is 6.93. The van der Waals surface area contributed by atoms with Gasteiger partial charge in [-0.15, -0.1) is 45.5 Å². The van der Waals surface area contributed by atoms with Crippen molar-refractivity contribution in [2.24, 2.45) is 4.99 Å². The average Bonchev–Trinajstić information content (AvgIpc) is 3.23. The van der Waals surface area contributed by atoms with Crippen LogP contribution in [0.15, 0.2) is 28.8 Å². The lowest BCUT2D eigenvalue weighted by atomic mass is 10.2. The van der Waals surface area contributed by atoms with Crippen LogP contribution in [0.4, 0.5) is 0 Å². The summed E-state index contributed by atoms with van der Waals surface area (Å²) in [4.78, 5) is 6.07. The van der Waals surface area contributed by atoms with Gasteiger partial charge in [-0.2, -0.15) is 0 Å². The molecule has 140 valence electrons. The van der Waals surface area contributed by atoms with Crippen molar-refractivity contribution in [3.05, 3.63) is 34.5 Å². The molecule has 0 aromatic carbocycles. The second-order valence-electron chi connectivity index (χ2n) is 5.94. The molecule has 0 amide bonds. The first-order valence-corrected chi connectivity index (χ1v) is 9.49. The fraction of sp³-hybridized carbons (Fsp3) is 0.588. The Hall–Kier alpha value is -1.16. The van der Waals surface area contributed by atoms with E-state index in [9.17, 15) is 0 Å². The Morgan fingerprint density at radius 2 is 2.12 bits per heavy atom. The molecule has 2 aromatic heterocycles. The van der Waals surface area contributed by atoms with Gasteiger partial charge in [-0.1, -0.05) is 19.9 Å². The number of hydrogen-bond acceptors (Lipinski definition) is 4. The number of halogens is 1. The Kier molecular flexibility index (Phi) is 10.0. The number of aromatic nitrogens is 3. The van der Waals surface area contributed by atoms with Crippen molar-refractivity contribution < 1.29 is 0 Å². The molecule has 0 saturated carbocycles. The van der Waals surface area contributed by atoms with Gasteiger partial charge < -0.3 is 15.2 Å². The van der Waals surface area contributed by atoms with Crippen LogP contribution in [0.3, 0.4) is 0 Å². The molecule has 0 aliphatic carbocycles. The molecule has 2 rings (SSSR count). The van der Waals surface area contributed by atoms with E-state index in [1.165, 1.54) is 4.88 Å². The van der Waals surface area contributed by atoms with E-state index in [1.54, 1.807) is 17.7 Å². The topological polar surface area (TPSA) is 67.1 Å². The van der Waals surface area contributed by atoms with E-state index < -0.39 is 0 Å². The van der Waals surface area contributed by atoms with E-state index >= 15 is 0 Å². The Morgan fingerprint density at radius 1 is 1.32 bits per heavy atom. The summed E-state index contributed by atoms with van der Waals surface area (Å²) in [7, 11) is 0. The summed E-state index contributed by atoms with van der Waals surface area (Å²) in [5, 5.41) is 17.2. The molecule has 2 heterocycles. The second kappa shape index (κ2) is 11.5. The molecule has 0 aliphatic heterocycles. The largest absolute Gasteiger partial charge is 0.354 e. The lowest BCUT2D eigenvalue weighted by Crippen LogP contribution is -2.42. The lowest BCUT2D eigenvalue weighted by molar-refractivity contribution is 0.595. The summed E-state index contributed by atoms with van der Waals surface area (Å²) >= 11 is 1.78. The molecule has 8 heteroatoms. The summed E-state index contributed by atoms with van der Waals surface area (Å²) in [5.74, 6) is 1.86. The molecule has 0 spiro atoms. The van der Waals surface area contributed by atoms with Crippen LogP contribution < -0.4 is 10.6 Å². The van der Waals surface area contributed by atoms with Gasteiger partial charge in [-0.3, -0.25) is 4.99 Å². The van der Waals surface area contributed by atoms with Crippen molar-refractivity contribution in [3.63, 3.8) is 0 Å². The summed E-state index contributed by atoms with van der Waals surface area (Å²) in [5.41, 5.74) is 0. The Balaban J connectivity index is 0.00000312. The minimum absolute atomic E-state index is 0. The first-order chi connectivity index (χ1) is 11.6. The fourth-order valence-corrected chi connectivity index (χ4v) is 3.31. The zero-order valence-corrected chi connectivity index (χ0v) is 18.5. The van der Waals surface area contributed by atoms with E-state index in [4.69, 9.17) is 4.99 Å². The monoisotopic (exact) mass is 476 g/mol. The maximum Gasteiger partial charge on any atom is 0.192 e. The van der Waals surface area contributed by atoms with Gasteiger partial charge in [0.1, 0.15) is 12.2 Å². The van der Waals surface area contributed by atoms with E-state index in [1.807, 2.05) is 0 Å². The Morgan fingerprint density at radius 3 is 2.72 bits per heavy atom. The summed E-state index contributed by atoms with van der Waals surface area (Å²) in [6.07, 6.45) is 3.68. The standard InChI is InChI=1S/C17H28N6S.HI/c1-5-14(15-8-7-11-24-15)21-17(20-13(3)4)18-9-10-23-12-19-22-16(23)6-2;/h7-8,11-14H,5-6,9-10H2,1-4H3,(H2,18,20,21);1H. The molecule has 1 unspecified atom stereocenters. The van der Waals surface area contributed by atoms with Crippen LogP contribution in [0.1, 0.15) is 50.9 Å². The zero-order valence-electron chi connectivity index (χ0n) is 15.4.